The standard InChI is InChI=1S/C12H16ClN3O3S2/c1-12(2,6-10(14)17)16-21(18,19)9-4-3-7(11(15)20)5-8(9)13/h3-5,16H,6H2,1-2H3,(H2,14,17)(H2,15,20). The Labute approximate surface area is 133 Å². The van der Waals surface area contributed by atoms with Crippen LogP contribution in [0.25, 0.3) is 0 Å². The molecule has 0 bridgehead atoms. The molecule has 0 saturated carbocycles. The predicted molar refractivity (Wildman–Crippen MR) is 85.6 cm³/mol. The lowest BCUT2D eigenvalue weighted by Crippen LogP contribution is -2.45. The van der Waals surface area contributed by atoms with E-state index in [1.54, 1.807) is 13.8 Å². The van der Waals surface area contributed by atoms with Gasteiger partial charge in [0.15, 0.2) is 0 Å². The second kappa shape index (κ2) is 6.27. The number of halogens is 1. The van der Waals surface area contributed by atoms with Gasteiger partial charge in [0.1, 0.15) is 9.88 Å². The summed E-state index contributed by atoms with van der Waals surface area (Å²) in [5.74, 6) is -0.613. The van der Waals surface area contributed by atoms with Crippen LogP contribution < -0.4 is 16.2 Å². The largest absolute Gasteiger partial charge is 0.389 e. The smallest absolute Gasteiger partial charge is 0.242 e. The summed E-state index contributed by atoms with van der Waals surface area (Å²) in [4.78, 5) is 10.9. The first kappa shape index (κ1) is 17.8. The summed E-state index contributed by atoms with van der Waals surface area (Å²) in [5.41, 5.74) is 9.98. The van der Waals surface area contributed by atoms with Crippen LogP contribution in [-0.2, 0) is 14.8 Å². The Hall–Kier alpha value is -1.22. The first-order valence-electron chi connectivity index (χ1n) is 5.86. The molecule has 5 N–H and O–H groups in total. The van der Waals surface area contributed by atoms with E-state index < -0.39 is 21.5 Å². The van der Waals surface area contributed by atoms with Crippen molar-refractivity contribution in [2.75, 3.05) is 0 Å². The minimum absolute atomic E-state index is 0.0114. The first-order chi connectivity index (χ1) is 9.44. The Morgan fingerprint density at radius 2 is 1.95 bits per heavy atom. The molecule has 0 spiro atoms. The van der Waals surface area contributed by atoms with Gasteiger partial charge in [0.2, 0.25) is 15.9 Å². The zero-order chi connectivity index (χ0) is 16.4. The number of carbonyl (C=O) groups is 1. The van der Waals surface area contributed by atoms with E-state index in [1.165, 1.54) is 18.2 Å². The predicted octanol–water partition coefficient (Wildman–Crippen LogP) is 0.907. The number of hydrogen-bond acceptors (Lipinski definition) is 4. The summed E-state index contributed by atoms with van der Waals surface area (Å²) >= 11 is 10.8. The number of hydrogen-bond donors (Lipinski definition) is 3. The third kappa shape index (κ3) is 4.92. The van der Waals surface area contributed by atoms with E-state index in [1.807, 2.05) is 0 Å². The van der Waals surface area contributed by atoms with Crippen molar-refractivity contribution in [3.63, 3.8) is 0 Å². The Bertz CT molecular complexity index is 687. The van der Waals surface area contributed by atoms with Gasteiger partial charge in [-0.1, -0.05) is 29.9 Å². The SMILES string of the molecule is CC(C)(CC(N)=O)NS(=O)(=O)c1ccc(C(N)=S)cc1Cl. The number of benzene rings is 1. The maximum absolute atomic E-state index is 12.3. The molecule has 21 heavy (non-hydrogen) atoms. The summed E-state index contributed by atoms with van der Waals surface area (Å²) in [5, 5.41) is -0.0114. The van der Waals surface area contributed by atoms with Gasteiger partial charge in [-0.15, -0.1) is 0 Å². The van der Waals surface area contributed by atoms with Crippen molar-refractivity contribution < 1.29 is 13.2 Å². The number of nitrogens with two attached hydrogens (primary N) is 2. The van der Waals surface area contributed by atoms with Crippen LogP contribution in [0, 0.1) is 0 Å². The van der Waals surface area contributed by atoms with Gasteiger partial charge in [-0.3, -0.25) is 4.79 Å². The monoisotopic (exact) mass is 349 g/mol. The highest BCUT2D eigenvalue weighted by Gasteiger charge is 2.29. The molecule has 0 aromatic heterocycles. The zero-order valence-electron chi connectivity index (χ0n) is 11.5. The van der Waals surface area contributed by atoms with Gasteiger partial charge in [0.25, 0.3) is 0 Å². The number of amides is 1. The van der Waals surface area contributed by atoms with Crippen LogP contribution >= 0.6 is 23.8 Å². The summed E-state index contributed by atoms with van der Waals surface area (Å²) in [6.45, 7) is 3.10. The Balaban J connectivity index is 3.14. The molecule has 1 aromatic rings. The molecule has 1 rings (SSSR count). The van der Waals surface area contributed by atoms with Crippen molar-refractivity contribution in [2.45, 2.75) is 30.7 Å². The van der Waals surface area contributed by atoms with Crippen molar-refractivity contribution in [3.05, 3.63) is 28.8 Å². The quantitative estimate of drug-likeness (QED) is 0.660. The third-order valence-corrected chi connectivity index (χ3v) is 4.95. The molecule has 0 heterocycles. The molecule has 0 fully saturated rings. The summed E-state index contributed by atoms with van der Waals surface area (Å²) in [6.07, 6.45) is -0.144. The summed E-state index contributed by atoms with van der Waals surface area (Å²) < 4.78 is 27.0. The molecular weight excluding hydrogens is 334 g/mol. The lowest BCUT2D eigenvalue weighted by Gasteiger charge is -2.24. The van der Waals surface area contributed by atoms with Crippen molar-refractivity contribution in [2.24, 2.45) is 11.5 Å². The molecule has 9 heteroatoms. The van der Waals surface area contributed by atoms with E-state index in [2.05, 4.69) is 4.72 Å². The molecule has 0 atom stereocenters. The molecule has 0 aliphatic heterocycles. The van der Waals surface area contributed by atoms with E-state index in [0.29, 0.717) is 5.56 Å². The van der Waals surface area contributed by atoms with Crippen LogP contribution in [-0.4, -0.2) is 24.9 Å². The van der Waals surface area contributed by atoms with E-state index >= 15 is 0 Å². The minimum Gasteiger partial charge on any atom is -0.389 e. The van der Waals surface area contributed by atoms with Crippen LogP contribution in [0.2, 0.25) is 5.02 Å². The van der Waals surface area contributed by atoms with Crippen LogP contribution in [0.3, 0.4) is 0 Å². The Kier molecular flexibility index (Phi) is 5.32. The Morgan fingerprint density at radius 3 is 2.38 bits per heavy atom. The molecule has 0 aliphatic rings. The number of primary amides is 1. The molecule has 6 nitrogen and oxygen atoms in total. The van der Waals surface area contributed by atoms with Gasteiger partial charge >= 0.3 is 0 Å². The summed E-state index contributed by atoms with van der Waals surface area (Å²) in [7, 11) is -3.91. The van der Waals surface area contributed by atoms with Gasteiger partial charge in [-0.2, -0.15) is 0 Å². The molecule has 1 amide bonds. The zero-order valence-corrected chi connectivity index (χ0v) is 13.9. The average Bonchev–Trinajstić information content (AvgIpc) is 2.24. The van der Waals surface area contributed by atoms with Gasteiger partial charge in [0.05, 0.1) is 5.02 Å². The van der Waals surface area contributed by atoms with Crippen LogP contribution in [0.5, 0.6) is 0 Å². The normalized spacial score (nSPS) is 12.1. The number of thiocarbonyl (C=S) groups is 1. The van der Waals surface area contributed by atoms with Crippen molar-refractivity contribution in [1.29, 1.82) is 0 Å². The maximum Gasteiger partial charge on any atom is 0.242 e. The third-order valence-electron chi connectivity index (χ3n) is 2.53. The fourth-order valence-corrected chi connectivity index (χ4v) is 3.85. The number of carbonyl (C=O) groups excluding carboxylic acids is 1. The average molecular weight is 350 g/mol. The molecule has 0 radical (unpaired) electrons. The summed E-state index contributed by atoms with van der Waals surface area (Å²) in [6, 6.07) is 4.14. The molecule has 0 aliphatic carbocycles. The van der Waals surface area contributed by atoms with Gasteiger partial charge in [-0.25, -0.2) is 13.1 Å². The molecule has 116 valence electrons. The fraction of sp³-hybridized carbons (Fsp3) is 0.333. The molecule has 0 saturated heterocycles. The topological polar surface area (TPSA) is 115 Å². The number of nitrogens with one attached hydrogen (secondary N) is 1. The Morgan fingerprint density at radius 1 is 1.38 bits per heavy atom. The highest BCUT2D eigenvalue weighted by Crippen LogP contribution is 2.24. The first-order valence-corrected chi connectivity index (χ1v) is 8.13. The van der Waals surface area contributed by atoms with Crippen LogP contribution in [0.4, 0.5) is 0 Å². The highest BCUT2D eigenvalue weighted by atomic mass is 35.5. The maximum atomic E-state index is 12.3. The van der Waals surface area contributed by atoms with E-state index in [-0.39, 0.29) is 21.3 Å². The van der Waals surface area contributed by atoms with Crippen LogP contribution in [0.15, 0.2) is 23.1 Å². The van der Waals surface area contributed by atoms with Gasteiger partial charge < -0.3 is 11.5 Å². The lowest BCUT2D eigenvalue weighted by atomic mass is 10.0. The van der Waals surface area contributed by atoms with Gasteiger partial charge in [0, 0.05) is 17.5 Å². The highest BCUT2D eigenvalue weighted by molar-refractivity contribution is 7.89. The van der Waals surface area contributed by atoms with Gasteiger partial charge in [-0.05, 0) is 26.0 Å². The lowest BCUT2D eigenvalue weighted by molar-refractivity contribution is -0.119. The molecule has 1 aromatic carbocycles. The van der Waals surface area contributed by atoms with E-state index in [9.17, 15) is 13.2 Å². The minimum atomic E-state index is -3.91. The number of sulfonamides is 1. The molecule has 0 unspecified atom stereocenters. The van der Waals surface area contributed by atoms with Crippen molar-refractivity contribution in [3.8, 4) is 0 Å². The van der Waals surface area contributed by atoms with E-state index in [4.69, 9.17) is 35.3 Å². The number of rotatable bonds is 6. The van der Waals surface area contributed by atoms with E-state index in [0.717, 1.165) is 0 Å². The second-order valence-corrected chi connectivity index (χ2v) is 7.64. The second-order valence-electron chi connectivity index (χ2n) is 5.14. The van der Waals surface area contributed by atoms with Crippen LogP contribution in [0.1, 0.15) is 25.8 Å². The van der Waals surface area contributed by atoms with Crippen molar-refractivity contribution in [1.82, 2.24) is 4.72 Å². The fourth-order valence-electron chi connectivity index (χ4n) is 1.76. The van der Waals surface area contributed by atoms with Crippen molar-refractivity contribution >= 4 is 44.7 Å². The molecular formula is C12H16ClN3O3S2.